The number of halogens is 3. The first kappa shape index (κ1) is 13.1. The molecule has 0 aliphatic carbocycles. The molecule has 0 bridgehead atoms. The van der Waals surface area contributed by atoms with Gasteiger partial charge in [0.05, 0.1) is 5.88 Å². The number of benzene rings is 1. The molecule has 0 radical (unpaired) electrons. The van der Waals surface area contributed by atoms with Gasteiger partial charge in [-0.05, 0) is 24.3 Å². The fourth-order valence-electron chi connectivity index (χ4n) is 0.789. The highest BCUT2D eigenvalue weighted by atomic mass is 35.5. The van der Waals surface area contributed by atoms with E-state index in [0.29, 0.717) is 10.7 Å². The number of nitrogens with zero attached hydrogens (tertiary/aromatic N) is 1. The van der Waals surface area contributed by atoms with E-state index < -0.39 is 6.09 Å². The average Bonchev–Trinajstić information content (AvgIpc) is 2.29. The SMILES string of the molecule is O=C(Nc1ccc(Cl)cc1)O/N=C(\Cl)CCl. The number of amides is 1. The van der Waals surface area contributed by atoms with E-state index >= 15 is 0 Å². The lowest BCUT2D eigenvalue weighted by molar-refractivity contribution is 0.167. The predicted molar refractivity (Wildman–Crippen MR) is 65.6 cm³/mol. The van der Waals surface area contributed by atoms with Gasteiger partial charge in [0, 0.05) is 10.7 Å². The number of nitrogens with one attached hydrogen (secondary N) is 1. The van der Waals surface area contributed by atoms with Gasteiger partial charge < -0.3 is 0 Å². The van der Waals surface area contributed by atoms with Crippen molar-refractivity contribution in [2.45, 2.75) is 0 Å². The summed E-state index contributed by atoms with van der Waals surface area (Å²) in [6.07, 6.45) is -0.759. The van der Waals surface area contributed by atoms with Crippen LogP contribution in [0.25, 0.3) is 0 Å². The summed E-state index contributed by atoms with van der Waals surface area (Å²) in [6.45, 7) is 0. The third-order valence-electron chi connectivity index (χ3n) is 1.43. The van der Waals surface area contributed by atoms with Crippen LogP contribution in [0.3, 0.4) is 0 Å². The summed E-state index contributed by atoms with van der Waals surface area (Å²) in [4.78, 5) is 15.6. The summed E-state index contributed by atoms with van der Waals surface area (Å²) in [5.41, 5.74) is 0.534. The number of hydrogen-bond acceptors (Lipinski definition) is 3. The van der Waals surface area contributed by atoms with Gasteiger partial charge in [-0.2, -0.15) is 0 Å². The molecule has 1 N–H and O–H groups in total. The van der Waals surface area contributed by atoms with Gasteiger partial charge in [-0.1, -0.05) is 28.4 Å². The minimum Gasteiger partial charge on any atom is -0.297 e. The fourth-order valence-corrected chi connectivity index (χ4v) is 0.999. The molecule has 4 nitrogen and oxygen atoms in total. The van der Waals surface area contributed by atoms with E-state index in [-0.39, 0.29) is 11.1 Å². The fraction of sp³-hybridized carbons (Fsp3) is 0.111. The summed E-state index contributed by atoms with van der Waals surface area (Å²) >= 11 is 16.4. The number of carbonyl (C=O) groups excluding carboxylic acids is 1. The minimum absolute atomic E-state index is 0.00655. The van der Waals surface area contributed by atoms with Crippen LogP contribution < -0.4 is 5.32 Å². The van der Waals surface area contributed by atoms with Crippen molar-refractivity contribution in [3.63, 3.8) is 0 Å². The maximum atomic E-state index is 11.1. The van der Waals surface area contributed by atoms with E-state index in [1.807, 2.05) is 0 Å². The second-order valence-electron chi connectivity index (χ2n) is 2.61. The zero-order valence-corrected chi connectivity index (χ0v) is 10.2. The molecule has 0 saturated heterocycles. The quantitative estimate of drug-likeness (QED) is 0.398. The molecule has 0 fully saturated rings. The summed E-state index contributed by atoms with van der Waals surface area (Å²) in [6, 6.07) is 6.51. The van der Waals surface area contributed by atoms with Crippen LogP contribution in [0.15, 0.2) is 29.4 Å². The number of alkyl halides is 1. The van der Waals surface area contributed by atoms with Crippen molar-refractivity contribution in [1.82, 2.24) is 0 Å². The molecule has 0 aliphatic rings. The molecule has 1 amide bonds. The number of rotatable bonds is 3. The van der Waals surface area contributed by atoms with Crippen molar-refractivity contribution in [2.75, 3.05) is 11.2 Å². The Kier molecular flexibility index (Phi) is 5.38. The standard InChI is InChI=1S/C9H7Cl3N2O2/c10-5-8(12)14-16-9(15)13-7-3-1-6(11)2-4-7/h1-4H,5H2,(H,13,15)/b14-8-. The van der Waals surface area contributed by atoms with Gasteiger partial charge >= 0.3 is 6.09 Å². The molecule has 0 unspecified atom stereocenters. The van der Waals surface area contributed by atoms with E-state index in [9.17, 15) is 4.79 Å². The van der Waals surface area contributed by atoms with Crippen LogP contribution in [-0.2, 0) is 4.84 Å². The van der Waals surface area contributed by atoms with E-state index in [0.717, 1.165) is 0 Å². The highest BCUT2D eigenvalue weighted by molar-refractivity contribution is 6.69. The summed E-state index contributed by atoms with van der Waals surface area (Å²) in [7, 11) is 0. The van der Waals surface area contributed by atoms with Crippen LogP contribution >= 0.6 is 34.8 Å². The van der Waals surface area contributed by atoms with E-state index in [1.54, 1.807) is 24.3 Å². The lowest BCUT2D eigenvalue weighted by Gasteiger charge is -2.02. The molecular formula is C9H7Cl3N2O2. The van der Waals surface area contributed by atoms with E-state index in [1.165, 1.54) is 0 Å². The Morgan fingerprint density at radius 3 is 2.56 bits per heavy atom. The molecular weight excluding hydrogens is 274 g/mol. The second kappa shape index (κ2) is 6.58. The Morgan fingerprint density at radius 1 is 1.38 bits per heavy atom. The molecule has 7 heteroatoms. The molecule has 16 heavy (non-hydrogen) atoms. The van der Waals surface area contributed by atoms with Crippen molar-refractivity contribution in [3.05, 3.63) is 29.3 Å². The van der Waals surface area contributed by atoms with Gasteiger partial charge in [-0.15, -0.1) is 11.6 Å². The van der Waals surface area contributed by atoms with Crippen molar-refractivity contribution in [1.29, 1.82) is 0 Å². The van der Waals surface area contributed by atoms with Gasteiger partial charge in [-0.25, -0.2) is 4.79 Å². The Hall–Kier alpha value is -0.970. The lowest BCUT2D eigenvalue weighted by Crippen LogP contribution is -2.11. The molecule has 1 aromatic rings. The van der Waals surface area contributed by atoms with Crippen LogP contribution in [0.2, 0.25) is 5.02 Å². The highest BCUT2D eigenvalue weighted by Gasteiger charge is 2.03. The van der Waals surface area contributed by atoms with Gasteiger partial charge in [0.2, 0.25) is 0 Å². The molecule has 0 atom stereocenters. The average molecular weight is 282 g/mol. The van der Waals surface area contributed by atoms with Crippen molar-refractivity contribution < 1.29 is 9.63 Å². The lowest BCUT2D eigenvalue weighted by atomic mass is 10.3. The van der Waals surface area contributed by atoms with Gasteiger partial charge in [-0.3, -0.25) is 10.2 Å². The normalized spacial score (nSPS) is 11.1. The van der Waals surface area contributed by atoms with E-state index in [4.69, 9.17) is 34.8 Å². The van der Waals surface area contributed by atoms with Crippen LogP contribution in [0.1, 0.15) is 0 Å². The minimum atomic E-state index is -0.759. The smallest absolute Gasteiger partial charge is 0.297 e. The molecule has 86 valence electrons. The zero-order valence-electron chi connectivity index (χ0n) is 7.91. The van der Waals surface area contributed by atoms with Crippen molar-refractivity contribution >= 4 is 51.8 Å². The Morgan fingerprint density at radius 2 is 2.00 bits per heavy atom. The third-order valence-corrected chi connectivity index (χ3v) is 2.27. The first-order chi connectivity index (χ1) is 7.61. The summed E-state index contributed by atoms with van der Waals surface area (Å²) < 4.78 is 0. The topological polar surface area (TPSA) is 50.7 Å². The van der Waals surface area contributed by atoms with Crippen LogP contribution in [-0.4, -0.2) is 17.1 Å². The zero-order chi connectivity index (χ0) is 12.0. The highest BCUT2D eigenvalue weighted by Crippen LogP contribution is 2.13. The van der Waals surface area contributed by atoms with Crippen LogP contribution in [0, 0.1) is 0 Å². The first-order valence-electron chi connectivity index (χ1n) is 4.13. The Bertz CT molecular complexity index is 392. The first-order valence-corrected chi connectivity index (χ1v) is 5.43. The second-order valence-corrected chi connectivity index (χ2v) is 3.75. The van der Waals surface area contributed by atoms with Crippen molar-refractivity contribution in [3.8, 4) is 0 Å². The molecule has 1 rings (SSSR count). The number of anilines is 1. The van der Waals surface area contributed by atoms with Crippen molar-refractivity contribution in [2.24, 2.45) is 5.16 Å². The third kappa shape index (κ3) is 4.70. The molecule has 0 saturated carbocycles. The van der Waals surface area contributed by atoms with Gasteiger partial charge in [0.1, 0.15) is 0 Å². The summed E-state index contributed by atoms with van der Waals surface area (Å²) in [5.74, 6) is -0.0181. The maximum Gasteiger partial charge on any atom is 0.437 e. The Labute approximate surface area is 107 Å². The Balaban J connectivity index is 2.49. The number of hydrogen-bond donors (Lipinski definition) is 1. The largest absolute Gasteiger partial charge is 0.437 e. The number of carbonyl (C=O) groups is 1. The van der Waals surface area contributed by atoms with Gasteiger partial charge in [0.15, 0.2) is 5.17 Å². The van der Waals surface area contributed by atoms with Crippen LogP contribution in [0.5, 0.6) is 0 Å². The van der Waals surface area contributed by atoms with Gasteiger partial charge in [0.25, 0.3) is 0 Å². The van der Waals surface area contributed by atoms with Crippen LogP contribution in [0.4, 0.5) is 10.5 Å². The number of oxime groups is 1. The molecule has 0 aliphatic heterocycles. The van der Waals surface area contributed by atoms with E-state index in [2.05, 4.69) is 15.3 Å². The summed E-state index contributed by atoms with van der Waals surface area (Å²) in [5, 5.41) is 6.25. The molecule has 1 aromatic carbocycles. The monoisotopic (exact) mass is 280 g/mol. The molecule has 0 heterocycles. The maximum absolute atomic E-state index is 11.1. The molecule has 0 spiro atoms. The molecule has 0 aromatic heterocycles. The predicted octanol–water partition coefficient (Wildman–Crippen LogP) is 3.68.